The number of morpholine rings is 1. The number of carbonyl (C=O) groups excluding carboxylic acids is 1. The molecule has 0 bridgehead atoms. The van der Waals surface area contributed by atoms with E-state index in [0.29, 0.717) is 17.7 Å². The van der Waals surface area contributed by atoms with E-state index in [4.69, 9.17) is 43.7 Å². The Morgan fingerprint density at radius 3 is 2.05 bits per heavy atom. The summed E-state index contributed by atoms with van der Waals surface area (Å²) in [7, 11) is -4.30. The van der Waals surface area contributed by atoms with Crippen LogP contribution in [0.4, 0.5) is 26.3 Å². The highest BCUT2D eigenvalue weighted by Gasteiger charge is 2.41. The minimum absolute atomic E-state index is 0.0818. The van der Waals surface area contributed by atoms with E-state index in [2.05, 4.69) is 0 Å². The van der Waals surface area contributed by atoms with E-state index < -0.39 is 63.8 Å². The zero-order chi connectivity index (χ0) is 31.7. The van der Waals surface area contributed by atoms with Gasteiger partial charge < -0.3 is 9.64 Å². The fourth-order valence-electron chi connectivity index (χ4n) is 4.48. The third kappa shape index (κ3) is 7.95. The lowest BCUT2D eigenvalue weighted by molar-refractivity contribution is -0.143. The molecule has 1 aliphatic rings. The number of hydrogen-bond donors (Lipinski definition) is 0. The molecule has 1 aliphatic heterocycles. The summed E-state index contributed by atoms with van der Waals surface area (Å²) in [6, 6.07) is 8.93. The summed E-state index contributed by atoms with van der Waals surface area (Å²) < 4.78 is 117. The molecule has 1 amide bonds. The summed E-state index contributed by atoms with van der Waals surface area (Å²) in [4.78, 5) is 14.4. The van der Waals surface area contributed by atoms with Crippen LogP contribution in [0.5, 0.6) is 0 Å². The number of alkyl halides is 6. The van der Waals surface area contributed by atoms with E-state index in [0.717, 1.165) is 4.90 Å². The fourth-order valence-corrected chi connectivity index (χ4v) is 5.83. The van der Waals surface area contributed by atoms with Gasteiger partial charge in [-0.3, -0.25) is 8.98 Å². The van der Waals surface area contributed by atoms with Gasteiger partial charge in [0, 0.05) is 17.1 Å². The summed E-state index contributed by atoms with van der Waals surface area (Å²) in [5.41, 5.74) is -3.81. The van der Waals surface area contributed by atoms with Gasteiger partial charge in [0.1, 0.15) is 6.10 Å². The predicted octanol–water partition coefficient (Wildman–Crippen LogP) is 8.06. The van der Waals surface area contributed by atoms with Crippen molar-refractivity contribution in [3.63, 3.8) is 0 Å². The molecule has 1 saturated heterocycles. The highest BCUT2D eigenvalue weighted by atomic mass is 35.5. The molecule has 3 aromatic rings. The molecule has 0 N–H and O–H groups in total. The third-order valence-electron chi connectivity index (χ3n) is 6.50. The molecule has 0 aromatic heterocycles. The quantitative estimate of drug-likeness (QED) is 0.185. The highest BCUT2D eigenvalue weighted by Crippen LogP contribution is 2.39. The van der Waals surface area contributed by atoms with Crippen molar-refractivity contribution in [2.24, 2.45) is 0 Å². The lowest BCUT2D eigenvalue weighted by atomic mass is 9.95. The standard InChI is InChI=1S/C27H20Cl3F6NO5S/c28-19-2-4-20(5-3-19)43(39,40)42-9-7-23-24(15-1-6-21(29)22(30)13-15)41-10-8-37(23)25(38)16-11-17(26(31,32)33)14-18(12-16)27(34,35)36/h1-6,11-14,23-24H,7-10H2/t23?,24-/m1/s1. The van der Waals surface area contributed by atoms with Crippen molar-refractivity contribution < 1.29 is 48.5 Å². The van der Waals surface area contributed by atoms with Crippen LogP contribution in [0, 0.1) is 0 Å². The monoisotopic (exact) mass is 689 g/mol. The topological polar surface area (TPSA) is 72.9 Å². The van der Waals surface area contributed by atoms with Crippen molar-refractivity contribution in [2.75, 3.05) is 19.8 Å². The molecule has 2 atom stereocenters. The van der Waals surface area contributed by atoms with Gasteiger partial charge >= 0.3 is 12.4 Å². The number of carbonyl (C=O) groups is 1. The molecule has 3 aromatic carbocycles. The van der Waals surface area contributed by atoms with Gasteiger partial charge in [-0.2, -0.15) is 34.8 Å². The Morgan fingerprint density at radius 2 is 1.49 bits per heavy atom. The Kier molecular flexibility index (Phi) is 9.94. The van der Waals surface area contributed by atoms with E-state index in [-0.39, 0.29) is 45.6 Å². The maximum Gasteiger partial charge on any atom is 0.416 e. The Balaban J connectivity index is 1.70. The minimum atomic E-state index is -5.17. The first-order valence-electron chi connectivity index (χ1n) is 12.3. The van der Waals surface area contributed by atoms with Crippen molar-refractivity contribution in [1.29, 1.82) is 0 Å². The summed E-state index contributed by atoms with van der Waals surface area (Å²) >= 11 is 17.9. The normalized spacial score (nSPS) is 18.1. The average Bonchev–Trinajstić information content (AvgIpc) is 2.93. The van der Waals surface area contributed by atoms with Gasteiger partial charge in [-0.15, -0.1) is 0 Å². The molecule has 1 unspecified atom stereocenters. The molecule has 232 valence electrons. The van der Waals surface area contributed by atoms with Crippen molar-refractivity contribution in [3.8, 4) is 0 Å². The largest absolute Gasteiger partial charge is 0.416 e. The molecule has 1 fully saturated rings. The Morgan fingerprint density at radius 1 is 0.884 bits per heavy atom. The molecule has 43 heavy (non-hydrogen) atoms. The fraction of sp³-hybridized carbons (Fsp3) is 0.296. The molecular weight excluding hydrogens is 671 g/mol. The minimum Gasteiger partial charge on any atom is -0.370 e. The molecule has 0 spiro atoms. The number of benzene rings is 3. The van der Waals surface area contributed by atoms with Crippen LogP contribution >= 0.6 is 34.8 Å². The Hall–Kier alpha value is -2.55. The van der Waals surface area contributed by atoms with Crippen LogP contribution in [0.1, 0.15) is 39.6 Å². The van der Waals surface area contributed by atoms with Crippen molar-refractivity contribution in [1.82, 2.24) is 4.90 Å². The second kappa shape index (κ2) is 12.8. The molecular formula is C27H20Cl3F6NO5S. The van der Waals surface area contributed by atoms with Crippen LogP contribution < -0.4 is 0 Å². The van der Waals surface area contributed by atoms with Gasteiger partial charge in [-0.25, -0.2) is 0 Å². The Bertz CT molecular complexity index is 1570. The smallest absolute Gasteiger partial charge is 0.370 e. The van der Waals surface area contributed by atoms with E-state index in [1.165, 1.54) is 42.5 Å². The number of amides is 1. The van der Waals surface area contributed by atoms with Crippen LogP contribution in [-0.4, -0.2) is 45.0 Å². The van der Waals surface area contributed by atoms with Gasteiger partial charge in [0.2, 0.25) is 0 Å². The summed E-state index contributed by atoms with van der Waals surface area (Å²) in [6.07, 6.45) is -11.6. The van der Waals surface area contributed by atoms with Crippen LogP contribution in [0.2, 0.25) is 15.1 Å². The number of nitrogens with zero attached hydrogens (tertiary/aromatic N) is 1. The number of ether oxygens (including phenoxy) is 1. The van der Waals surface area contributed by atoms with Gasteiger partial charge in [0.25, 0.3) is 16.0 Å². The first kappa shape index (κ1) is 33.3. The van der Waals surface area contributed by atoms with Gasteiger partial charge in [-0.05, 0) is 66.6 Å². The molecule has 0 aliphatic carbocycles. The molecule has 4 rings (SSSR count). The maximum atomic E-state index is 13.6. The van der Waals surface area contributed by atoms with Crippen molar-refractivity contribution in [2.45, 2.75) is 35.8 Å². The lowest BCUT2D eigenvalue weighted by Crippen LogP contribution is -2.50. The maximum absolute atomic E-state index is 13.6. The Labute approximate surface area is 257 Å². The number of hydrogen-bond acceptors (Lipinski definition) is 5. The zero-order valence-electron chi connectivity index (χ0n) is 21.6. The average molecular weight is 691 g/mol. The first-order valence-corrected chi connectivity index (χ1v) is 14.8. The van der Waals surface area contributed by atoms with Crippen LogP contribution in [0.3, 0.4) is 0 Å². The number of halogens is 9. The molecule has 0 radical (unpaired) electrons. The predicted molar refractivity (Wildman–Crippen MR) is 146 cm³/mol. The molecule has 6 nitrogen and oxygen atoms in total. The van der Waals surface area contributed by atoms with Crippen molar-refractivity contribution >= 4 is 50.8 Å². The second-order valence-corrected chi connectivity index (χ2v) is 12.2. The van der Waals surface area contributed by atoms with Gasteiger partial charge in [0.15, 0.2) is 0 Å². The second-order valence-electron chi connectivity index (χ2n) is 9.34. The van der Waals surface area contributed by atoms with Crippen LogP contribution in [0.15, 0.2) is 65.6 Å². The van der Waals surface area contributed by atoms with E-state index in [1.807, 2.05) is 0 Å². The molecule has 16 heteroatoms. The lowest BCUT2D eigenvalue weighted by Gasteiger charge is -2.41. The van der Waals surface area contributed by atoms with E-state index in [1.54, 1.807) is 0 Å². The highest BCUT2D eigenvalue weighted by molar-refractivity contribution is 7.86. The summed E-state index contributed by atoms with van der Waals surface area (Å²) in [6.45, 7) is -0.915. The van der Waals surface area contributed by atoms with Gasteiger partial charge in [0.05, 0.1) is 45.3 Å². The SMILES string of the molecule is O=C(c1cc(C(F)(F)F)cc(C(F)(F)F)c1)N1CCO[C@H](c2ccc(Cl)c(Cl)c2)C1CCOS(=O)(=O)c1ccc(Cl)cc1. The third-order valence-corrected chi connectivity index (χ3v) is 8.82. The van der Waals surface area contributed by atoms with E-state index in [9.17, 15) is 39.6 Å². The zero-order valence-corrected chi connectivity index (χ0v) is 24.6. The van der Waals surface area contributed by atoms with Gasteiger partial charge in [-0.1, -0.05) is 40.9 Å². The van der Waals surface area contributed by atoms with Crippen LogP contribution in [0.25, 0.3) is 0 Å². The first-order chi connectivity index (χ1) is 20.0. The summed E-state index contributed by atoms with van der Waals surface area (Å²) in [5.74, 6) is -1.16. The number of rotatable bonds is 7. The molecule has 0 saturated carbocycles. The molecule has 1 heterocycles. The van der Waals surface area contributed by atoms with Crippen LogP contribution in [-0.2, 0) is 31.4 Å². The van der Waals surface area contributed by atoms with Crippen molar-refractivity contribution in [3.05, 3.63) is 98.0 Å². The summed E-state index contributed by atoms with van der Waals surface area (Å²) in [5, 5.41) is 0.575. The van der Waals surface area contributed by atoms with E-state index >= 15 is 0 Å².